The number of aliphatic hydroxyl groups excluding tert-OH is 3. The molecule has 0 aromatic rings. The van der Waals surface area contributed by atoms with Gasteiger partial charge in [0.25, 0.3) is 0 Å². The number of unbranched alkanes of at least 4 members (excludes halogenated alkanes) is 5. The first-order valence-corrected chi connectivity index (χ1v) is 12.4. The number of nitrogens with zero attached hydrogens (tertiary/aromatic N) is 2. The van der Waals surface area contributed by atoms with Crippen LogP contribution in [0.1, 0.15) is 58.3 Å². The van der Waals surface area contributed by atoms with Crippen LogP contribution in [-0.4, -0.2) is 72.5 Å². The molecule has 0 radical (unpaired) electrons. The Morgan fingerprint density at radius 1 is 0.844 bits per heavy atom. The summed E-state index contributed by atoms with van der Waals surface area (Å²) in [4.78, 5) is 0. The van der Waals surface area contributed by atoms with E-state index in [1.807, 2.05) is 12.1 Å². The van der Waals surface area contributed by atoms with E-state index in [0.717, 1.165) is 32.1 Å². The molecule has 1 saturated heterocycles. The molecule has 0 amide bonds. The molecule has 0 bridgehead atoms. The molecule has 5 atom stereocenters. The molecule has 11 nitrogen and oxygen atoms in total. The first-order valence-electron chi connectivity index (χ1n) is 11.0. The van der Waals surface area contributed by atoms with Crippen molar-refractivity contribution in [3.63, 3.8) is 0 Å². The third kappa shape index (κ3) is 10.7. The van der Waals surface area contributed by atoms with Crippen molar-refractivity contribution in [2.75, 3.05) is 26.4 Å². The zero-order chi connectivity index (χ0) is 23.8. The maximum Gasteiger partial charge on any atom is 0.474 e. The third-order valence-corrected chi connectivity index (χ3v) is 6.23. The van der Waals surface area contributed by atoms with Gasteiger partial charge in [-0.1, -0.05) is 39.0 Å². The minimum Gasteiger partial charge on any atom is -0.387 e. The number of hydrogen-bond acceptors (Lipinski definition) is 11. The highest BCUT2D eigenvalue weighted by molar-refractivity contribution is 7.48. The average Bonchev–Trinajstić information content (AvgIpc) is 2.78. The summed E-state index contributed by atoms with van der Waals surface area (Å²) in [5, 5.41) is 47.7. The molecule has 3 N–H and O–H groups in total. The van der Waals surface area contributed by atoms with Crippen LogP contribution >= 0.6 is 7.82 Å². The molecular formula is C20H35N2O9P. The highest BCUT2D eigenvalue weighted by Gasteiger charge is 2.45. The molecule has 1 heterocycles. The van der Waals surface area contributed by atoms with Gasteiger partial charge in [0.05, 0.1) is 44.8 Å². The zero-order valence-electron chi connectivity index (χ0n) is 18.5. The largest absolute Gasteiger partial charge is 0.474 e. The number of rotatable bonds is 17. The Labute approximate surface area is 189 Å². The van der Waals surface area contributed by atoms with Gasteiger partial charge in [0, 0.05) is 6.61 Å². The monoisotopic (exact) mass is 478 g/mol. The van der Waals surface area contributed by atoms with Gasteiger partial charge in [-0.3, -0.25) is 13.6 Å². The average molecular weight is 478 g/mol. The van der Waals surface area contributed by atoms with Crippen LogP contribution in [0.5, 0.6) is 0 Å². The first-order chi connectivity index (χ1) is 15.4. The summed E-state index contributed by atoms with van der Waals surface area (Å²) in [6, 6.07) is 3.65. The van der Waals surface area contributed by atoms with Crippen LogP contribution in [0.4, 0.5) is 0 Å². The highest BCUT2D eigenvalue weighted by Crippen LogP contribution is 2.50. The number of hydrogen-bond donors (Lipinski definition) is 3. The van der Waals surface area contributed by atoms with Crippen molar-refractivity contribution >= 4 is 7.82 Å². The van der Waals surface area contributed by atoms with E-state index in [4.69, 9.17) is 33.6 Å². The summed E-state index contributed by atoms with van der Waals surface area (Å²) in [5.74, 6) is 0. The van der Waals surface area contributed by atoms with Gasteiger partial charge in [0.15, 0.2) is 6.29 Å². The fourth-order valence-electron chi connectivity index (χ4n) is 2.96. The topological polar surface area (TPSA) is 171 Å². The fraction of sp³-hybridized carbons (Fsp3) is 0.900. The van der Waals surface area contributed by atoms with Crippen molar-refractivity contribution in [3.05, 3.63) is 0 Å². The lowest BCUT2D eigenvalue weighted by atomic mass is 9.99. The number of aliphatic hydroxyl groups is 3. The Morgan fingerprint density at radius 3 is 2.03 bits per heavy atom. The minimum absolute atomic E-state index is 0.0588. The summed E-state index contributed by atoms with van der Waals surface area (Å²) in [5.41, 5.74) is 0. The maximum atomic E-state index is 12.7. The lowest BCUT2D eigenvalue weighted by Gasteiger charge is -2.40. The SMILES string of the molecule is CCCCCCCCO[C@@H]1O[C@H](COP(=O)(OCCC#N)OCCC#N)[C@@H](O)[C@H](O)[C@H]1O. The van der Waals surface area contributed by atoms with E-state index >= 15 is 0 Å². The number of phosphoric acid groups is 1. The van der Waals surface area contributed by atoms with E-state index in [1.54, 1.807) is 0 Å². The highest BCUT2D eigenvalue weighted by atomic mass is 31.2. The van der Waals surface area contributed by atoms with Crippen LogP contribution in [0.3, 0.4) is 0 Å². The lowest BCUT2D eigenvalue weighted by Crippen LogP contribution is -2.59. The molecule has 0 aliphatic carbocycles. The van der Waals surface area contributed by atoms with Crippen molar-refractivity contribution in [1.82, 2.24) is 0 Å². The predicted octanol–water partition coefficient (Wildman–Crippen LogP) is 2.16. The number of nitriles is 2. The van der Waals surface area contributed by atoms with Crippen molar-refractivity contribution in [3.8, 4) is 12.1 Å². The third-order valence-electron chi connectivity index (χ3n) is 4.77. The van der Waals surface area contributed by atoms with Gasteiger partial charge < -0.3 is 24.8 Å². The Morgan fingerprint density at radius 2 is 1.44 bits per heavy atom. The summed E-state index contributed by atoms with van der Waals surface area (Å²) in [6.07, 6.45) is -0.785. The molecular weight excluding hydrogens is 443 g/mol. The molecule has 12 heteroatoms. The molecule has 1 aliphatic rings. The summed E-state index contributed by atoms with van der Waals surface area (Å²) in [6.45, 7) is 1.50. The molecule has 0 unspecified atom stereocenters. The van der Waals surface area contributed by atoms with Crippen LogP contribution in [-0.2, 0) is 27.6 Å². The Bertz CT molecular complexity index is 616. The van der Waals surface area contributed by atoms with Gasteiger partial charge >= 0.3 is 7.82 Å². The second-order valence-corrected chi connectivity index (χ2v) is 9.05. The van der Waals surface area contributed by atoms with Crippen LogP contribution in [0.25, 0.3) is 0 Å². The minimum atomic E-state index is -4.14. The van der Waals surface area contributed by atoms with E-state index in [-0.39, 0.29) is 26.1 Å². The van der Waals surface area contributed by atoms with Crippen LogP contribution in [0.15, 0.2) is 0 Å². The second-order valence-electron chi connectivity index (χ2n) is 7.38. The molecule has 1 aliphatic heterocycles. The molecule has 0 aromatic carbocycles. The number of ether oxygens (including phenoxy) is 2. The predicted molar refractivity (Wildman–Crippen MR) is 112 cm³/mol. The van der Waals surface area contributed by atoms with Gasteiger partial charge in [-0.25, -0.2) is 4.57 Å². The van der Waals surface area contributed by atoms with Gasteiger partial charge in [-0.05, 0) is 6.42 Å². The van der Waals surface area contributed by atoms with Crippen molar-refractivity contribution in [1.29, 1.82) is 10.5 Å². The Kier molecular flexibility index (Phi) is 14.9. The fourth-order valence-corrected chi connectivity index (χ4v) is 4.14. The molecule has 1 rings (SSSR count). The van der Waals surface area contributed by atoms with Crippen molar-refractivity contribution in [2.24, 2.45) is 0 Å². The van der Waals surface area contributed by atoms with Gasteiger partial charge in [0.1, 0.15) is 24.4 Å². The van der Waals surface area contributed by atoms with Gasteiger partial charge in [0.2, 0.25) is 0 Å². The van der Waals surface area contributed by atoms with E-state index in [2.05, 4.69) is 6.92 Å². The Hall–Kier alpha value is -1.11. The summed E-state index contributed by atoms with van der Waals surface area (Å²) < 4.78 is 39.0. The van der Waals surface area contributed by atoms with Crippen molar-refractivity contribution in [2.45, 2.75) is 89.0 Å². The molecule has 184 valence electrons. The van der Waals surface area contributed by atoms with Crippen molar-refractivity contribution < 1.29 is 42.9 Å². The molecule has 0 aromatic heterocycles. The van der Waals surface area contributed by atoms with Gasteiger partial charge in [-0.2, -0.15) is 10.5 Å². The lowest BCUT2D eigenvalue weighted by molar-refractivity contribution is -0.300. The van der Waals surface area contributed by atoms with E-state index < -0.39 is 45.1 Å². The normalized spacial score (nSPS) is 25.9. The summed E-state index contributed by atoms with van der Waals surface area (Å²) in [7, 11) is -4.14. The molecule has 1 fully saturated rings. The molecule has 0 saturated carbocycles. The zero-order valence-corrected chi connectivity index (χ0v) is 19.4. The van der Waals surface area contributed by atoms with Crippen LogP contribution < -0.4 is 0 Å². The first kappa shape index (κ1) is 28.9. The quantitative estimate of drug-likeness (QED) is 0.207. The van der Waals surface area contributed by atoms with E-state index in [9.17, 15) is 19.9 Å². The van der Waals surface area contributed by atoms with Crippen LogP contribution in [0, 0.1) is 22.7 Å². The summed E-state index contributed by atoms with van der Waals surface area (Å²) >= 11 is 0. The smallest absolute Gasteiger partial charge is 0.387 e. The number of phosphoric ester groups is 1. The van der Waals surface area contributed by atoms with E-state index in [1.165, 1.54) is 6.42 Å². The van der Waals surface area contributed by atoms with Gasteiger partial charge in [-0.15, -0.1) is 0 Å². The standard InChI is InChI=1S/C20H35N2O9P/c1-2-3-4-5-6-7-12-27-20-19(25)18(24)17(23)16(31-20)15-30-32(26,28-13-8-10-21)29-14-9-11-22/h16-20,23-25H,2-9,12-15H2,1H3/t16-,17-,18+,19-,20-/m1/s1. The molecule has 0 spiro atoms. The molecule has 32 heavy (non-hydrogen) atoms. The second kappa shape index (κ2) is 16.5. The maximum absolute atomic E-state index is 12.7. The van der Waals surface area contributed by atoms with E-state index in [0.29, 0.717) is 6.61 Å². The van der Waals surface area contributed by atoms with Crippen LogP contribution in [0.2, 0.25) is 0 Å². The Balaban J connectivity index is 2.59.